The summed E-state index contributed by atoms with van der Waals surface area (Å²) in [5.74, 6) is 0.810. The molecule has 4 aromatic rings. The van der Waals surface area contributed by atoms with Crippen molar-refractivity contribution in [1.29, 1.82) is 0 Å². The Morgan fingerprint density at radius 2 is 2.05 bits per heavy atom. The quantitative estimate of drug-likeness (QED) is 0.564. The average Bonchev–Trinajstić information content (AvgIpc) is 3.14. The second-order valence-corrected chi connectivity index (χ2v) is 6.38. The Balaban J connectivity index is 1.88. The summed E-state index contributed by atoms with van der Waals surface area (Å²) in [4.78, 5) is 1.91. The van der Waals surface area contributed by atoms with Crippen LogP contribution in [0.15, 0.2) is 41.8 Å². The molecule has 0 aliphatic heterocycles. The molecule has 0 aliphatic carbocycles. The fraction of sp³-hybridized carbons (Fsp3) is 0.0714. The maximum Gasteiger partial charge on any atom is 0.235 e. The van der Waals surface area contributed by atoms with Gasteiger partial charge in [0.1, 0.15) is 5.01 Å². The monoisotopic (exact) mass is 298 g/mol. The standard InChI is InChI=1S/C14H10N4S2/c1-9-4-2-5-10(8-9)13-17-18-12(11-6-3-7-19-11)15-16-14(18)20-13/h2-8H,1H3. The Labute approximate surface area is 123 Å². The smallest absolute Gasteiger partial charge is 0.181 e. The zero-order chi connectivity index (χ0) is 13.5. The van der Waals surface area contributed by atoms with Crippen molar-refractivity contribution in [2.24, 2.45) is 0 Å². The van der Waals surface area contributed by atoms with Crippen molar-refractivity contribution in [3.8, 4) is 21.3 Å². The number of thiophene rings is 1. The van der Waals surface area contributed by atoms with Crippen LogP contribution in [0.5, 0.6) is 0 Å². The zero-order valence-corrected chi connectivity index (χ0v) is 12.3. The van der Waals surface area contributed by atoms with Gasteiger partial charge in [-0.3, -0.25) is 0 Å². The maximum absolute atomic E-state index is 4.66. The summed E-state index contributed by atoms with van der Waals surface area (Å²) in [5.41, 5.74) is 2.35. The van der Waals surface area contributed by atoms with E-state index in [0.29, 0.717) is 0 Å². The summed E-state index contributed by atoms with van der Waals surface area (Å²) < 4.78 is 1.83. The molecule has 98 valence electrons. The van der Waals surface area contributed by atoms with E-state index in [1.807, 2.05) is 28.1 Å². The van der Waals surface area contributed by atoms with Gasteiger partial charge in [-0.25, -0.2) is 0 Å². The van der Waals surface area contributed by atoms with Crippen molar-refractivity contribution >= 4 is 27.6 Å². The fourth-order valence-corrected chi connectivity index (χ4v) is 3.60. The van der Waals surface area contributed by atoms with Crippen LogP contribution in [0.4, 0.5) is 0 Å². The molecule has 0 amide bonds. The highest BCUT2D eigenvalue weighted by atomic mass is 32.1. The second kappa shape index (κ2) is 4.50. The lowest BCUT2D eigenvalue weighted by molar-refractivity contribution is 0.974. The van der Waals surface area contributed by atoms with Gasteiger partial charge in [0.25, 0.3) is 0 Å². The summed E-state index contributed by atoms with van der Waals surface area (Å²) in [5, 5.41) is 16.1. The molecule has 0 bridgehead atoms. The Hall–Kier alpha value is -2.05. The van der Waals surface area contributed by atoms with Crippen molar-refractivity contribution in [2.75, 3.05) is 0 Å². The topological polar surface area (TPSA) is 43.1 Å². The minimum atomic E-state index is 0.810. The van der Waals surface area contributed by atoms with Crippen LogP contribution in [0.2, 0.25) is 0 Å². The van der Waals surface area contributed by atoms with Crippen LogP contribution in [-0.4, -0.2) is 19.8 Å². The number of benzene rings is 1. The highest BCUT2D eigenvalue weighted by Crippen LogP contribution is 2.29. The van der Waals surface area contributed by atoms with Crippen molar-refractivity contribution in [3.63, 3.8) is 0 Å². The Morgan fingerprint density at radius 3 is 2.85 bits per heavy atom. The molecule has 0 fully saturated rings. The first kappa shape index (κ1) is 11.7. The number of aryl methyl sites for hydroxylation is 1. The van der Waals surface area contributed by atoms with Crippen LogP contribution in [0, 0.1) is 6.92 Å². The summed E-state index contributed by atoms with van der Waals surface area (Å²) in [6.07, 6.45) is 0. The molecule has 6 heteroatoms. The van der Waals surface area contributed by atoms with Gasteiger partial charge in [0.05, 0.1) is 4.88 Å². The van der Waals surface area contributed by atoms with Crippen LogP contribution in [0.1, 0.15) is 5.56 Å². The molecule has 0 atom stereocenters. The number of aromatic nitrogens is 4. The second-order valence-electron chi connectivity index (χ2n) is 4.47. The largest absolute Gasteiger partial charge is 0.235 e. The van der Waals surface area contributed by atoms with Gasteiger partial charge in [0, 0.05) is 5.56 Å². The fourth-order valence-electron chi connectivity index (χ4n) is 2.07. The molecule has 4 rings (SSSR count). The molecule has 0 saturated carbocycles. The number of fused-ring (bicyclic) bond motifs is 1. The van der Waals surface area contributed by atoms with E-state index in [2.05, 4.69) is 40.4 Å². The molecule has 1 aromatic carbocycles. The predicted molar refractivity (Wildman–Crippen MR) is 82.1 cm³/mol. The molecule has 3 aromatic heterocycles. The van der Waals surface area contributed by atoms with Crippen LogP contribution in [0.25, 0.3) is 26.2 Å². The van der Waals surface area contributed by atoms with Gasteiger partial charge in [-0.1, -0.05) is 41.2 Å². The van der Waals surface area contributed by atoms with Crippen molar-refractivity contribution < 1.29 is 0 Å². The molecule has 0 N–H and O–H groups in total. The average molecular weight is 298 g/mol. The molecule has 4 nitrogen and oxygen atoms in total. The molecule has 0 saturated heterocycles. The highest BCUT2D eigenvalue weighted by Gasteiger charge is 2.14. The summed E-state index contributed by atoms with van der Waals surface area (Å²) in [6, 6.07) is 12.4. The summed E-state index contributed by atoms with van der Waals surface area (Å²) in [6.45, 7) is 2.08. The van der Waals surface area contributed by atoms with Crippen molar-refractivity contribution in [1.82, 2.24) is 19.8 Å². The lowest BCUT2D eigenvalue weighted by Gasteiger charge is -1.96. The molecule has 0 unspecified atom stereocenters. The molecule has 0 spiro atoms. The van der Waals surface area contributed by atoms with E-state index in [-0.39, 0.29) is 0 Å². The van der Waals surface area contributed by atoms with Gasteiger partial charge >= 0.3 is 0 Å². The first-order valence-electron chi connectivity index (χ1n) is 6.14. The third kappa shape index (κ3) is 1.85. The third-order valence-corrected chi connectivity index (χ3v) is 4.81. The molecule has 3 heterocycles. The predicted octanol–water partition coefficient (Wildman–Crippen LogP) is 3.89. The SMILES string of the molecule is Cc1cccc(-c2nn3c(-c4cccs4)nnc3s2)c1. The first-order chi connectivity index (χ1) is 9.81. The van der Waals surface area contributed by atoms with Gasteiger partial charge < -0.3 is 0 Å². The Morgan fingerprint density at radius 1 is 1.10 bits per heavy atom. The minimum Gasteiger partial charge on any atom is -0.181 e. The first-order valence-corrected chi connectivity index (χ1v) is 7.84. The van der Waals surface area contributed by atoms with Gasteiger partial charge in [-0.2, -0.15) is 9.61 Å². The van der Waals surface area contributed by atoms with Crippen LogP contribution in [-0.2, 0) is 0 Å². The number of hydrogen-bond acceptors (Lipinski definition) is 5. The highest BCUT2D eigenvalue weighted by molar-refractivity contribution is 7.19. The van der Waals surface area contributed by atoms with Gasteiger partial charge in [0.15, 0.2) is 5.82 Å². The van der Waals surface area contributed by atoms with E-state index in [9.17, 15) is 0 Å². The minimum absolute atomic E-state index is 0.810. The van der Waals surface area contributed by atoms with Crippen LogP contribution < -0.4 is 0 Å². The molecular weight excluding hydrogens is 288 g/mol. The lowest BCUT2D eigenvalue weighted by atomic mass is 10.1. The maximum atomic E-state index is 4.66. The lowest BCUT2D eigenvalue weighted by Crippen LogP contribution is -1.89. The number of rotatable bonds is 2. The van der Waals surface area contributed by atoms with E-state index in [1.54, 1.807) is 22.7 Å². The Bertz CT molecular complexity index is 874. The van der Waals surface area contributed by atoms with E-state index in [1.165, 1.54) is 5.56 Å². The van der Waals surface area contributed by atoms with Crippen LogP contribution in [0.3, 0.4) is 0 Å². The van der Waals surface area contributed by atoms with Crippen molar-refractivity contribution in [2.45, 2.75) is 6.92 Å². The van der Waals surface area contributed by atoms with Gasteiger partial charge in [-0.15, -0.1) is 21.5 Å². The van der Waals surface area contributed by atoms with E-state index >= 15 is 0 Å². The summed E-state index contributed by atoms with van der Waals surface area (Å²) in [7, 11) is 0. The van der Waals surface area contributed by atoms with Gasteiger partial charge in [-0.05, 0) is 24.4 Å². The zero-order valence-electron chi connectivity index (χ0n) is 10.6. The number of nitrogens with zero attached hydrogens (tertiary/aromatic N) is 4. The molecule has 0 radical (unpaired) electrons. The van der Waals surface area contributed by atoms with Crippen molar-refractivity contribution in [3.05, 3.63) is 47.3 Å². The van der Waals surface area contributed by atoms with Gasteiger partial charge in [0.2, 0.25) is 4.96 Å². The number of hydrogen-bond donors (Lipinski definition) is 0. The van der Waals surface area contributed by atoms with E-state index < -0.39 is 0 Å². The van der Waals surface area contributed by atoms with E-state index in [0.717, 1.165) is 26.2 Å². The molecule has 0 aliphatic rings. The third-order valence-electron chi connectivity index (χ3n) is 3.00. The molecule has 20 heavy (non-hydrogen) atoms. The normalized spacial score (nSPS) is 11.2. The van der Waals surface area contributed by atoms with Crippen LogP contribution >= 0.6 is 22.7 Å². The molecular formula is C14H10N4S2. The Kier molecular flexibility index (Phi) is 2.64. The van der Waals surface area contributed by atoms with E-state index in [4.69, 9.17) is 0 Å². The summed E-state index contributed by atoms with van der Waals surface area (Å²) >= 11 is 3.20.